The largest absolute Gasteiger partial charge is 0.242 e. The Hall–Kier alpha value is -0.960. The Labute approximate surface area is 150 Å². The summed E-state index contributed by atoms with van der Waals surface area (Å²) in [5.41, 5.74) is 0. The third-order valence-corrected chi connectivity index (χ3v) is 9.09. The zero-order valence-electron chi connectivity index (χ0n) is 14.8. The molecule has 4 atom stereocenters. The summed E-state index contributed by atoms with van der Waals surface area (Å²) in [6, 6.07) is 5.28. The van der Waals surface area contributed by atoms with Crippen molar-refractivity contribution in [3.8, 4) is 0 Å². The van der Waals surface area contributed by atoms with Gasteiger partial charge in [0.2, 0.25) is 20.0 Å². The number of rotatable bonds is 6. The van der Waals surface area contributed by atoms with E-state index in [9.17, 15) is 16.8 Å². The van der Waals surface area contributed by atoms with E-state index >= 15 is 0 Å². The molecule has 8 heteroatoms. The van der Waals surface area contributed by atoms with E-state index < -0.39 is 20.0 Å². The van der Waals surface area contributed by atoms with Gasteiger partial charge in [-0.05, 0) is 68.2 Å². The van der Waals surface area contributed by atoms with Crippen LogP contribution in [-0.4, -0.2) is 41.3 Å². The zero-order valence-corrected chi connectivity index (χ0v) is 16.5. The van der Waals surface area contributed by atoms with Crippen LogP contribution in [0, 0.1) is 17.8 Å². The van der Waals surface area contributed by atoms with Crippen LogP contribution in [0.2, 0.25) is 0 Å². The maximum absolute atomic E-state index is 12.6. The summed E-state index contributed by atoms with van der Waals surface area (Å²) >= 11 is 0. The Morgan fingerprint density at radius 3 is 2.08 bits per heavy atom. The zero-order chi connectivity index (χ0) is 18.4. The van der Waals surface area contributed by atoms with Gasteiger partial charge in [-0.15, -0.1) is 0 Å². The molecule has 0 spiro atoms. The predicted molar refractivity (Wildman–Crippen MR) is 96.0 cm³/mol. The fourth-order valence-corrected chi connectivity index (χ4v) is 6.50. The number of benzene rings is 1. The molecule has 3 rings (SSSR count). The number of sulfonamides is 2. The fourth-order valence-electron chi connectivity index (χ4n) is 4.31. The molecule has 2 aliphatic carbocycles. The van der Waals surface area contributed by atoms with Crippen molar-refractivity contribution in [2.75, 3.05) is 14.1 Å². The second-order valence-corrected chi connectivity index (χ2v) is 11.4. The molecule has 0 radical (unpaired) electrons. The van der Waals surface area contributed by atoms with E-state index in [4.69, 9.17) is 0 Å². The highest BCUT2D eigenvalue weighted by atomic mass is 32.2. The number of hydrogen-bond acceptors (Lipinski definition) is 4. The Kier molecular flexibility index (Phi) is 5.00. The minimum Gasteiger partial charge on any atom is -0.208 e. The molecule has 0 saturated heterocycles. The first-order valence-corrected chi connectivity index (χ1v) is 11.6. The lowest BCUT2D eigenvalue weighted by Crippen LogP contribution is -2.40. The molecular weight excluding hydrogens is 360 g/mol. The first-order chi connectivity index (χ1) is 11.6. The molecule has 140 valence electrons. The van der Waals surface area contributed by atoms with Crippen molar-refractivity contribution in [1.82, 2.24) is 9.03 Å². The highest BCUT2D eigenvalue weighted by molar-refractivity contribution is 7.89. The van der Waals surface area contributed by atoms with Gasteiger partial charge in [-0.3, -0.25) is 0 Å². The Morgan fingerprint density at radius 1 is 1.00 bits per heavy atom. The summed E-state index contributed by atoms with van der Waals surface area (Å²) in [4.78, 5) is 0.179. The standard InChI is InChI=1S/C17H26N2O4S2/c1-12(17-11-13-4-5-14(17)10-13)18-24(20,21)15-6-8-16(9-7-15)25(22,23)19(2)3/h6-9,12-14,17-18H,4-5,10-11H2,1-3H3/t12-,13-,14-,17-/m0/s1. The van der Waals surface area contributed by atoms with Crippen LogP contribution in [0.1, 0.15) is 32.6 Å². The van der Waals surface area contributed by atoms with E-state index in [1.54, 1.807) is 0 Å². The highest BCUT2D eigenvalue weighted by Gasteiger charge is 2.42. The van der Waals surface area contributed by atoms with Crippen LogP contribution in [-0.2, 0) is 20.0 Å². The normalized spacial score (nSPS) is 27.8. The van der Waals surface area contributed by atoms with Crippen LogP contribution in [0.5, 0.6) is 0 Å². The van der Waals surface area contributed by atoms with E-state index in [1.165, 1.54) is 57.6 Å². The lowest BCUT2D eigenvalue weighted by Gasteiger charge is -2.28. The number of hydrogen-bond donors (Lipinski definition) is 1. The maximum Gasteiger partial charge on any atom is 0.242 e. The second kappa shape index (κ2) is 6.64. The van der Waals surface area contributed by atoms with Crippen molar-refractivity contribution in [3.63, 3.8) is 0 Å². The molecular formula is C17H26N2O4S2. The summed E-state index contributed by atoms with van der Waals surface area (Å²) in [5, 5.41) is 0. The Balaban J connectivity index is 1.74. The van der Waals surface area contributed by atoms with Gasteiger partial charge in [-0.2, -0.15) is 0 Å². The van der Waals surface area contributed by atoms with Gasteiger partial charge in [0.1, 0.15) is 0 Å². The molecule has 0 aromatic heterocycles. The molecule has 0 amide bonds. The quantitative estimate of drug-likeness (QED) is 0.811. The highest BCUT2D eigenvalue weighted by Crippen LogP contribution is 2.49. The lowest BCUT2D eigenvalue weighted by molar-refractivity contribution is 0.280. The van der Waals surface area contributed by atoms with Crippen molar-refractivity contribution >= 4 is 20.0 Å². The van der Waals surface area contributed by atoms with Crippen molar-refractivity contribution < 1.29 is 16.8 Å². The number of fused-ring (bicyclic) bond motifs is 2. The van der Waals surface area contributed by atoms with Crippen LogP contribution >= 0.6 is 0 Å². The van der Waals surface area contributed by atoms with E-state index in [-0.39, 0.29) is 15.8 Å². The molecule has 0 aliphatic heterocycles. The molecule has 2 aliphatic rings. The van der Waals surface area contributed by atoms with E-state index in [2.05, 4.69) is 4.72 Å². The summed E-state index contributed by atoms with van der Waals surface area (Å²) in [6.07, 6.45) is 4.82. The van der Waals surface area contributed by atoms with Gasteiger partial charge in [0.25, 0.3) is 0 Å². The lowest BCUT2D eigenvalue weighted by atomic mass is 9.84. The summed E-state index contributed by atoms with van der Waals surface area (Å²) in [7, 11) is -4.33. The van der Waals surface area contributed by atoms with Crippen LogP contribution in [0.4, 0.5) is 0 Å². The second-order valence-electron chi connectivity index (χ2n) is 7.51. The smallest absolute Gasteiger partial charge is 0.208 e. The van der Waals surface area contributed by atoms with Gasteiger partial charge in [0.15, 0.2) is 0 Å². The average Bonchev–Trinajstić information content (AvgIpc) is 3.17. The van der Waals surface area contributed by atoms with Crippen LogP contribution in [0.25, 0.3) is 0 Å². The van der Waals surface area contributed by atoms with Gasteiger partial charge in [-0.25, -0.2) is 25.9 Å². The fraction of sp³-hybridized carbons (Fsp3) is 0.647. The Morgan fingerprint density at radius 2 is 1.60 bits per heavy atom. The summed E-state index contributed by atoms with van der Waals surface area (Å²) in [6.45, 7) is 1.94. The summed E-state index contributed by atoms with van der Waals surface area (Å²) in [5.74, 6) is 1.80. The molecule has 2 saturated carbocycles. The first-order valence-electron chi connectivity index (χ1n) is 8.66. The van der Waals surface area contributed by atoms with Gasteiger partial charge in [0, 0.05) is 20.1 Å². The van der Waals surface area contributed by atoms with Gasteiger partial charge in [0.05, 0.1) is 9.79 Å². The van der Waals surface area contributed by atoms with Gasteiger partial charge >= 0.3 is 0 Å². The third-order valence-electron chi connectivity index (χ3n) is 5.69. The van der Waals surface area contributed by atoms with Crippen molar-refractivity contribution in [1.29, 1.82) is 0 Å². The molecule has 0 unspecified atom stereocenters. The van der Waals surface area contributed by atoms with Crippen LogP contribution in [0.15, 0.2) is 34.1 Å². The monoisotopic (exact) mass is 386 g/mol. The molecule has 2 fully saturated rings. The van der Waals surface area contributed by atoms with Crippen LogP contribution in [0.3, 0.4) is 0 Å². The molecule has 6 nitrogen and oxygen atoms in total. The predicted octanol–water partition coefficient (Wildman–Crippen LogP) is 2.04. The Bertz CT molecular complexity index is 832. The van der Waals surface area contributed by atoms with Gasteiger partial charge in [-0.1, -0.05) is 6.42 Å². The SMILES string of the molecule is C[C@H](NS(=O)(=O)c1ccc(S(=O)(=O)N(C)C)cc1)[C@@H]1C[C@H]2CC[C@H]1C2. The topological polar surface area (TPSA) is 83.5 Å². The minimum absolute atomic E-state index is 0.0811. The van der Waals surface area contributed by atoms with E-state index in [0.29, 0.717) is 11.8 Å². The molecule has 0 heterocycles. The average molecular weight is 387 g/mol. The number of nitrogens with zero attached hydrogens (tertiary/aromatic N) is 1. The molecule has 1 N–H and O–H groups in total. The minimum atomic E-state index is -3.65. The van der Waals surface area contributed by atoms with Crippen molar-refractivity contribution in [3.05, 3.63) is 24.3 Å². The van der Waals surface area contributed by atoms with E-state index in [0.717, 1.165) is 16.6 Å². The van der Waals surface area contributed by atoms with Crippen molar-refractivity contribution in [2.24, 2.45) is 17.8 Å². The molecule has 25 heavy (non-hydrogen) atoms. The van der Waals surface area contributed by atoms with Crippen molar-refractivity contribution in [2.45, 2.75) is 48.4 Å². The van der Waals surface area contributed by atoms with Crippen LogP contribution < -0.4 is 4.72 Å². The van der Waals surface area contributed by atoms with E-state index in [1.807, 2.05) is 6.92 Å². The van der Waals surface area contributed by atoms with Gasteiger partial charge < -0.3 is 0 Å². The number of nitrogens with one attached hydrogen (secondary N) is 1. The molecule has 1 aromatic rings. The maximum atomic E-state index is 12.6. The third kappa shape index (κ3) is 3.63. The molecule has 1 aromatic carbocycles. The summed E-state index contributed by atoms with van der Waals surface area (Å²) < 4.78 is 53.3. The first kappa shape index (κ1) is 18.8. The molecule has 2 bridgehead atoms.